The molecule has 0 aromatic heterocycles. The lowest BCUT2D eigenvalue weighted by molar-refractivity contribution is -0.126. The number of benzene rings is 1. The standard InChI is InChI=1S/C16H21BrN2O3/c1-16(2,3)19-15(22)10-18-14(21)9-8-13(20)11-4-6-12(17)7-5-11/h4-7H,8-10H2,1-3H3,(H,18,21)(H,19,22). The third kappa shape index (κ3) is 7.36. The fourth-order valence-electron chi connectivity index (χ4n) is 1.74. The molecule has 0 heterocycles. The quantitative estimate of drug-likeness (QED) is 0.757. The Morgan fingerprint density at radius 1 is 1.00 bits per heavy atom. The Balaban J connectivity index is 2.32. The molecule has 0 aliphatic carbocycles. The smallest absolute Gasteiger partial charge is 0.239 e. The summed E-state index contributed by atoms with van der Waals surface area (Å²) in [5.74, 6) is -0.656. The first kappa shape index (κ1) is 18.4. The molecular formula is C16H21BrN2O3. The molecule has 0 unspecified atom stereocenters. The summed E-state index contributed by atoms with van der Waals surface area (Å²) in [6, 6.07) is 6.98. The maximum absolute atomic E-state index is 11.9. The maximum Gasteiger partial charge on any atom is 0.239 e. The zero-order valence-corrected chi connectivity index (χ0v) is 14.6. The van der Waals surface area contributed by atoms with Crippen molar-refractivity contribution in [2.24, 2.45) is 0 Å². The molecule has 6 heteroatoms. The summed E-state index contributed by atoms with van der Waals surface area (Å²) in [7, 11) is 0. The molecular weight excluding hydrogens is 348 g/mol. The number of hydrogen-bond donors (Lipinski definition) is 2. The molecule has 5 nitrogen and oxygen atoms in total. The van der Waals surface area contributed by atoms with Crippen LogP contribution < -0.4 is 10.6 Å². The van der Waals surface area contributed by atoms with E-state index >= 15 is 0 Å². The molecule has 0 spiro atoms. The summed E-state index contributed by atoms with van der Waals surface area (Å²) in [6.07, 6.45) is 0.187. The van der Waals surface area contributed by atoms with E-state index in [4.69, 9.17) is 0 Å². The van der Waals surface area contributed by atoms with Gasteiger partial charge in [0.2, 0.25) is 11.8 Å². The van der Waals surface area contributed by atoms with Gasteiger partial charge in [-0.1, -0.05) is 28.1 Å². The SMILES string of the molecule is CC(C)(C)NC(=O)CNC(=O)CCC(=O)c1ccc(Br)cc1. The number of carbonyl (C=O) groups excluding carboxylic acids is 3. The van der Waals surface area contributed by atoms with E-state index in [1.807, 2.05) is 20.8 Å². The Kier molecular flexibility index (Phi) is 6.74. The highest BCUT2D eigenvalue weighted by Crippen LogP contribution is 2.12. The van der Waals surface area contributed by atoms with E-state index in [9.17, 15) is 14.4 Å². The van der Waals surface area contributed by atoms with E-state index in [-0.39, 0.29) is 42.5 Å². The van der Waals surface area contributed by atoms with Crippen LogP contribution in [0.4, 0.5) is 0 Å². The second-order valence-corrected chi connectivity index (χ2v) is 6.92. The summed E-state index contributed by atoms with van der Waals surface area (Å²) < 4.78 is 0.895. The minimum Gasteiger partial charge on any atom is -0.350 e. The van der Waals surface area contributed by atoms with Crippen LogP contribution in [0.25, 0.3) is 0 Å². The molecule has 2 amide bonds. The molecule has 0 saturated carbocycles. The van der Waals surface area contributed by atoms with Crippen molar-refractivity contribution in [2.75, 3.05) is 6.54 Å². The second kappa shape index (κ2) is 8.08. The number of Topliss-reactive ketones (excluding diaryl/α,β-unsaturated/α-hetero) is 1. The van der Waals surface area contributed by atoms with Gasteiger partial charge >= 0.3 is 0 Å². The fourth-order valence-corrected chi connectivity index (χ4v) is 2.00. The number of amides is 2. The van der Waals surface area contributed by atoms with Gasteiger partial charge in [-0.15, -0.1) is 0 Å². The predicted octanol–water partition coefficient (Wildman–Crippen LogP) is 2.44. The second-order valence-electron chi connectivity index (χ2n) is 6.00. The first-order chi connectivity index (χ1) is 10.2. The Bertz CT molecular complexity index is 548. The topological polar surface area (TPSA) is 75.3 Å². The van der Waals surface area contributed by atoms with E-state index in [2.05, 4.69) is 26.6 Å². The lowest BCUT2D eigenvalue weighted by Crippen LogP contribution is -2.45. The van der Waals surface area contributed by atoms with Gasteiger partial charge in [0.05, 0.1) is 6.54 Å². The van der Waals surface area contributed by atoms with E-state index in [0.29, 0.717) is 5.56 Å². The van der Waals surface area contributed by atoms with Crippen LogP contribution in [0.5, 0.6) is 0 Å². The number of halogens is 1. The van der Waals surface area contributed by atoms with Crippen molar-refractivity contribution >= 4 is 33.5 Å². The molecule has 0 radical (unpaired) electrons. The molecule has 0 aliphatic rings. The van der Waals surface area contributed by atoms with Crippen LogP contribution in [0.3, 0.4) is 0 Å². The number of rotatable bonds is 6. The van der Waals surface area contributed by atoms with Crippen molar-refractivity contribution in [3.63, 3.8) is 0 Å². The van der Waals surface area contributed by atoms with Crippen molar-refractivity contribution < 1.29 is 14.4 Å². The van der Waals surface area contributed by atoms with Crippen LogP contribution in [0, 0.1) is 0 Å². The highest BCUT2D eigenvalue weighted by Gasteiger charge is 2.14. The lowest BCUT2D eigenvalue weighted by atomic mass is 10.1. The summed E-state index contributed by atoms with van der Waals surface area (Å²) in [6.45, 7) is 5.51. The molecule has 0 saturated heterocycles. The van der Waals surface area contributed by atoms with Crippen molar-refractivity contribution in [3.8, 4) is 0 Å². The number of carbonyl (C=O) groups is 3. The Morgan fingerprint density at radius 3 is 2.14 bits per heavy atom. The molecule has 2 N–H and O–H groups in total. The fraction of sp³-hybridized carbons (Fsp3) is 0.438. The molecule has 1 rings (SSSR count). The largest absolute Gasteiger partial charge is 0.350 e. The first-order valence-corrected chi connectivity index (χ1v) is 7.83. The van der Waals surface area contributed by atoms with E-state index in [1.54, 1.807) is 24.3 Å². The summed E-state index contributed by atoms with van der Waals surface area (Å²) in [5, 5.41) is 5.26. The van der Waals surface area contributed by atoms with E-state index < -0.39 is 0 Å². The van der Waals surface area contributed by atoms with Crippen LogP contribution >= 0.6 is 15.9 Å². The van der Waals surface area contributed by atoms with Gasteiger partial charge in [-0.05, 0) is 32.9 Å². The normalized spacial score (nSPS) is 10.9. The molecule has 0 bridgehead atoms. The highest BCUT2D eigenvalue weighted by atomic mass is 79.9. The van der Waals surface area contributed by atoms with E-state index in [0.717, 1.165) is 4.47 Å². The molecule has 1 aromatic carbocycles. The molecule has 1 aromatic rings. The van der Waals surface area contributed by atoms with Crippen LogP contribution in [0.15, 0.2) is 28.7 Å². The van der Waals surface area contributed by atoms with Crippen LogP contribution in [0.1, 0.15) is 44.0 Å². The van der Waals surface area contributed by atoms with E-state index in [1.165, 1.54) is 0 Å². The molecule has 0 atom stereocenters. The zero-order chi connectivity index (χ0) is 16.8. The third-order valence-electron chi connectivity index (χ3n) is 2.71. The number of nitrogens with one attached hydrogen (secondary N) is 2. The minimum atomic E-state index is -0.334. The Hall–Kier alpha value is -1.69. The summed E-state index contributed by atoms with van der Waals surface area (Å²) in [4.78, 5) is 35.1. The monoisotopic (exact) mass is 368 g/mol. The number of ketones is 1. The van der Waals surface area contributed by atoms with Crippen LogP contribution in [0.2, 0.25) is 0 Å². The Labute approximate surface area is 139 Å². The number of hydrogen-bond acceptors (Lipinski definition) is 3. The summed E-state index contributed by atoms with van der Waals surface area (Å²) in [5.41, 5.74) is 0.237. The van der Waals surface area contributed by atoms with Gasteiger partial charge in [0.15, 0.2) is 5.78 Å². The maximum atomic E-state index is 11.9. The Morgan fingerprint density at radius 2 is 1.59 bits per heavy atom. The minimum absolute atomic E-state index is 0.0672. The van der Waals surface area contributed by atoms with Gasteiger partial charge in [0.1, 0.15) is 0 Å². The predicted molar refractivity (Wildman–Crippen MR) is 88.6 cm³/mol. The van der Waals surface area contributed by atoms with Crippen LogP contribution in [-0.2, 0) is 9.59 Å². The lowest BCUT2D eigenvalue weighted by Gasteiger charge is -2.20. The molecule has 22 heavy (non-hydrogen) atoms. The van der Waals surface area contributed by atoms with Crippen LogP contribution in [-0.4, -0.2) is 29.7 Å². The van der Waals surface area contributed by atoms with Gasteiger partial charge in [0.25, 0.3) is 0 Å². The van der Waals surface area contributed by atoms with Crippen molar-refractivity contribution in [2.45, 2.75) is 39.2 Å². The van der Waals surface area contributed by atoms with Gasteiger partial charge in [-0.2, -0.15) is 0 Å². The highest BCUT2D eigenvalue weighted by molar-refractivity contribution is 9.10. The van der Waals surface area contributed by atoms with Crippen molar-refractivity contribution in [1.82, 2.24) is 10.6 Å². The average Bonchev–Trinajstić information content (AvgIpc) is 2.41. The molecule has 0 aliphatic heterocycles. The first-order valence-electron chi connectivity index (χ1n) is 7.04. The van der Waals surface area contributed by atoms with Gasteiger partial charge in [0, 0.05) is 28.4 Å². The summed E-state index contributed by atoms with van der Waals surface area (Å²) >= 11 is 3.30. The average molecular weight is 369 g/mol. The zero-order valence-electron chi connectivity index (χ0n) is 13.0. The third-order valence-corrected chi connectivity index (χ3v) is 3.23. The van der Waals surface area contributed by atoms with Gasteiger partial charge in [-0.3, -0.25) is 14.4 Å². The molecule has 120 valence electrons. The van der Waals surface area contributed by atoms with Crippen molar-refractivity contribution in [3.05, 3.63) is 34.3 Å². The van der Waals surface area contributed by atoms with Gasteiger partial charge in [-0.25, -0.2) is 0 Å². The van der Waals surface area contributed by atoms with Gasteiger partial charge < -0.3 is 10.6 Å². The van der Waals surface area contributed by atoms with Crippen molar-refractivity contribution in [1.29, 1.82) is 0 Å². The molecule has 0 fully saturated rings.